The van der Waals surface area contributed by atoms with Crippen molar-refractivity contribution in [3.8, 4) is 17.2 Å². The number of carbonyl (C=O) groups excluding carboxylic acids is 2. The summed E-state index contributed by atoms with van der Waals surface area (Å²) in [6.45, 7) is 4.18. The average Bonchev–Trinajstić information content (AvgIpc) is 3.18. The van der Waals surface area contributed by atoms with Crippen molar-refractivity contribution in [1.29, 1.82) is 0 Å². The van der Waals surface area contributed by atoms with Crippen LogP contribution in [-0.2, 0) is 11.3 Å². The summed E-state index contributed by atoms with van der Waals surface area (Å²) in [6, 6.07) is 10.6. The van der Waals surface area contributed by atoms with E-state index >= 15 is 0 Å². The van der Waals surface area contributed by atoms with Gasteiger partial charge in [0.2, 0.25) is 5.78 Å². The fourth-order valence-electron chi connectivity index (χ4n) is 3.35. The fraction of sp³-hybridized carbons (Fsp3) is 0.182. The lowest BCUT2D eigenvalue weighted by Crippen LogP contribution is -2.01. The number of aryl methyl sites for hydroxylation is 1. The lowest BCUT2D eigenvalue weighted by atomic mass is 10.1. The SMILES string of the molecule is CCn1cc(/C=C2/Oc3cc(OC(C)=O)ccc3C2=O)c2cc(OC)ccc21. The minimum atomic E-state index is -0.429. The first-order valence-electron chi connectivity index (χ1n) is 8.93. The molecule has 0 fully saturated rings. The number of methoxy groups -OCH3 is 1. The molecule has 6 heteroatoms. The van der Waals surface area contributed by atoms with Crippen LogP contribution in [0.1, 0.15) is 29.8 Å². The van der Waals surface area contributed by atoms with Crippen molar-refractivity contribution in [2.75, 3.05) is 7.11 Å². The van der Waals surface area contributed by atoms with Gasteiger partial charge in [0, 0.05) is 42.2 Å². The average molecular weight is 377 g/mol. The van der Waals surface area contributed by atoms with E-state index in [1.54, 1.807) is 31.4 Å². The fourth-order valence-corrected chi connectivity index (χ4v) is 3.35. The van der Waals surface area contributed by atoms with Crippen LogP contribution >= 0.6 is 0 Å². The second kappa shape index (κ2) is 6.88. The first kappa shape index (κ1) is 17.9. The molecule has 3 aromatic rings. The minimum absolute atomic E-state index is 0.204. The molecule has 0 aliphatic carbocycles. The van der Waals surface area contributed by atoms with Crippen molar-refractivity contribution >= 4 is 28.7 Å². The Balaban J connectivity index is 1.75. The van der Waals surface area contributed by atoms with Gasteiger partial charge in [-0.2, -0.15) is 0 Å². The molecule has 4 rings (SSSR count). The molecule has 2 heterocycles. The molecule has 0 saturated heterocycles. The number of allylic oxidation sites excluding steroid dienone is 1. The zero-order valence-electron chi connectivity index (χ0n) is 15.8. The van der Waals surface area contributed by atoms with Gasteiger partial charge in [0.1, 0.15) is 17.2 Å². The smallest absolute Gasteiger partial charge is 0.308 e. The minimum Gasteiger partial charge on any atom is -0.497 e. The van der Waals surface area contributed by atoms with E-state index in [4.69, 9.17) is 14.2 Å². The largest absolute Gasteiger partial charge is 0.497 e. The Morgan fingerprint density at radius 3 is 2.68 bits per heavy atom. The summed E-state index contributed by atoms with van der Waals surface area (Å²) in [7, 11) is 1.62. The van der Waals surface area contributed by atoms with Crippen LogP contribution in [-0.4, -0.2) is 23.4 Å². The van der Waals surface area contributed by atoms with E-state index in [0.717, 1.165) is 28.8 Å². The Morgan fingerprint density at radius 2 is 1.96 bits per heavy atom. The van der Waals surface area contributed by atoms with E-state index in [1.807, 2.05) is 24.4 Å². The van der Waals surface area contributed by atoms with Gasteiger partial charge in [-0.3, -0.25) is 9.59 Å². The Hall–Kier alpha value is -3.54. The summed E-state index contributed by atoms with van der Waals surface area (Å²) in [6.07, 6.45) is 3.72. The molecule has 2 aromatic carbocycles. The number of rotatable bonds is 4. The third-order valence-corrected chi connectivity index (χ3v) is 4.65. The molecule has 0 unspecified atom stereocenters. The van der Waals surface area contributed by atoms with E-state index in [9.17, 15) is 9.59 Å². The summed E-state index contributed by atoms with van der Waals surface area (Å²) in [5.74, 6) is 1.06. The van der Waals surface area contributed by atoms with Crippen molar-refractivity contribution in [3.05, 3.63) is 59.5 Å². The third-order valence-electron chi connectivity index (χ3n) is 4.65. The van der Waals surface area contributed by atoms with Crippen LogP contribution in [0, 0.1) is 0 Å². The number of carbonyl (C=O) groups is 2. The van der Waals surface area contributed by atoms with Crippen LogP contribution in [0.3, 0.4) is 0 Å². The molecule has 1 aromatic heterocycles. The number of esters is 1. The predicted octanol–water partition coefficient (Wildman–Crippen LogP) is 4.21. The lowest BCUT2D eigenvalue weighted by Gasteiger charge is -2.03. The van der Waals surface area contributed by atoms with Crippen molar-refractivity contribution < 1.29 is 23.8 Å². The van der Waals surface area contributed by atoms with Crippen molar-refractivity contribution in [2.24, 2.45) is 0 Å². The molecule has 0 atom stereocenters. The summed E-state index contributed by atoms with van der Waals surface area (Å²) < 4.78 is 18.3. The highest BCUT2D eigenvalue weighted by Crippen LogP contribution is 2.36. The Morgan fingerprint density at radius 1 is 1.18 bits per heavy atom. The van der Waals surface area contributed by atoms with Crippen molar-refractivity contribution in [1.82, 2.24) is 4.57 Å². The maximum absolute atomic E-state index is 12.7. The van der Waals surface area contributed by atoms with E-state index < -0.39 is 5.97 Å². The van der Waals surface area contributed by atoms with Gasteiger partial charge in [-0.25, -0.2) is 0 Å². The maximum atomic E-state index is 12.7. The van der Waals surface area contributed by atoms with Gasteiger partial charge in [0.05, 0.1) is 12.7 Å². The standard InChI is InChI=1S/C22H19NO5/c1-4-23-12-14(18-10-15(26-3)6-8-19(18)23)9-21-22(25)17-7-5-16(27-13(2)24)11-20(17)28-21/h5-12H,4H2,1-3H3/b21-9+. The molecular formula is C22H19NO5. The topological polar surface area (TPSA) is 66.8 Å². The molecular weight excluding hydrogens is 358 g/mol. The second-order valence-corrected chi connectivity index (χ2v) is 6.44. The zero-order chi connectivity index (χ0) is 19.8. The van der Waals surface area contributed by atoms with Gasteiger partial charge in [0.15, 0.2) is 5.76 Å². The summed E-state index contributed by atoms with van der Waals surface area (Å²) >= 11 is 0. The first-order valence-corrected chi connectivity index (χ1v) is 8.93. The summed E-state index contributed by atoms with van der Waals surface area (Å²) in [5, 5.41) is 0.974. The maximum Gasteiger partial charge on any atom is 0.308 e. The number of aromatic nitrogens is 1. The molecule has 28 heavy (non-hydrogen) atoms. The molecule has 1 aliphatic heterocycles. The third kappa shape index (κ3) is 3.03. The monoisotopic (exact) mass is 377 g/mol. The molecule has 0 bridgehead atoms. The Bertz CT molecular complexity index is 1140. The van der Waals surface area contributed by atoms with E-state index in [-0.39, 0.29) is 11.5 Å². The van der Waals surface area contributed by atoms with Crippen LogP contribution in [0.2, 0.25) is 0 Å². The highest BCUT2D eigenvalue weighted by atomic mass is 16.5. The Labute approximate surface area is 161 Å². The number of hydrogen-bond acceptors (Lipinski definition) is 5. The van der Waals surface area contributed by atoms with Crippen molar-refractivity contribution in [3.63, 3.8) is 0 Å². The number of nitrogens with zero attached hydrogens (tertiary/aromatic N) is 1. The van der Waals surface area contributed by atoms with Crippen LogP contribution < -0.4 is 14.2 Å². The molecule has 0 radical (unpaired) electrons. The van der Waals surface area contributed by atoms with Gasteiger partial charge in [-0.15, -0.1) is 0 Å². The van der Waals surface area contributed by atoms with Crippen LogP contribution in [0.5, 0.6) is 17.2 Å². The van der Waals surface area contributed by atoms with Gasteiger partial charge >= 0.3 is 5.97 Å². The van der Waals surface area contributed by atoms with Gasteiger partial charge in [-0.05, 0) is 43.3 Å². The second-order valence-electron chi connectivity index (χ2n) is 6.44. The van der Waals surface area contributed by atoms with E-state index in [0.29, 0.717) is 17.1 Å². The normalized spacial score (nSPS) is 14.2. The van der Waals surface area contributed by atoms with Crippen molar-refractivity contribution in [2.45, 2.75) is 20.4 Å². The van der Waals surface area contributed by atoms with Crippen LogP contribution in [0.25, 0.3) is 17.0 Å². The highest BCUT2D eigenvalue weighted by molar-refractivity contribution is 6.15. The first-order chi connectivity index (χ1) is 13.5. The molecule has 6 nitrogen and oxygen atoms in total. The number of benzene rings is 2. The highest BCUT2D eigenvalue weighted by Gasteiger charge is 2.28. The number of Topliss-reactive ketones (excluding diaryl/α,β-unsaturated/α-hetero) is 1. The van der Waals surface area contributed by atoms with Gasteiger partial charge < -0.3 is 18.8 Å². The van der Waals surface area contributed by atoms with Crippen LogP contribution in [0.4, 0.5) is 0 Å². The zero-order valence-corrected chi connectivity index (χ0v) is 15.8. The van der Waals surface area contributed by atoms with Gasteiger partial charge in [0.25, 0.3) is 0 Å². The molecule has 0 spiro atoms. The molecule has 1 aliphatic rings. The number of hydrogen-bond donors (Lipinski definition) is 0. The predicted molar refractivity (Wildman–Crippen MR) is 105 cm³/mol. The lowest BCUT2D eigenvalue weighted by molar-refractivity contribution is -0.131. The molecule has 0 N–H and O–H groups in total. The molecule has 0 amide bonds. The molecule has 142 valence electrons. The number of ketones is 1. The van der Waals surface area contributed by atoms with E-state index in [1.165, 1.54) is 6.92 Å². The van der Waals surface area contributed by atoms with E-state index in [2.05, 4.69) is 11.5 Å². The molecule has 0 saturated carbocycles. The Kier molecular flexibility index (Phi) is 4.39. The van der Waals surface area contributed by atoms with Gasteiger partial charge in [-0.1, -0.05) is 0 Å². The summed E-state index contributed by atoms with van der Waals surface area (Å²) in [4.78, 5) is 23.9. The summed E-state index contributed by atoms with van der Waals surface area (Å²) in [5.41, 5.74) is 2.36. The number of ether oxygens (including phenoxy) is 3. The number of fused-ring (bicyclic) bond motifs is 2. The van der Waals surface area contributed by atoms with Crippen LogP contribution in [0.15, 0.2) is 48.4 Å². The quantitative estimate of drug-likeness (QED) is 0.387.